The van der Waals surface area contributed by atoms with Crippen LogP contribution in [0.3, 0.4) is 0 Å². The van der Waals surface area contributed by atoms with E-state index in [1.165, 1.54) is 6.20 Å². The van der Waals surface area contributed by atoms with E-state index in [2.05, 4.69) is 20.4 Å². The van der Waals surface area contributed by atoms with Gasteiger partial charge in [0.25, 0.3) is 5.91 Å². The van der Waals surface area contributed by atoms with Gasteiger partial charge in [-0.25, -0.2) is 9.97 Å². The van der Waals surface area contributed by atoms with E-state index >= 15 is 0 Å². The Morgan fingerprint density at radius 3 is 2.68 bits per heavy atom. The second-order valence-corrected chi connectivity index (χ2v) is 7.36. The number of nitrogens with zero attached hydrogens (tertiary/aromatic N) is 5. The Balaban J connectivity index is 1.59. The lowest BCUT2D eigenvalue weighted by atomic mass is 9.93. The first-order chi connectivity index (χ1) is 13.3. The summed E-state index contributed by atoms with van der Waals surface area (Å²) in [6.45, 7) is 0.167. The summed E-state index contributed by atoms with van der Waals surface area (Å²) in [5.41, 5.74) is 0.272. The predicted molar refractivity (Wildman–Crippen MR) is 96.5 cm³/mol. The maximum absolute atomic E-state index is 13.4. The van der Waals surface area contributed by atoms with E-state index in [0.29, 0.717) is 12.0 Å². The molecular formula is C17H18ClF3N6O. The number of carbonyl (C=O) groups is 1. The van der Waals surface area contributed by atoms with E-state index in [4.69, 9.17) is 11.6 Å². The van der Waals surface area contributed by atoms with Crippen LogP contribution in [-0.2, 0) is 0 Å². The Bertz CT molecular complexity index is 882. The zero-order chi connectivity index (χ0) is 19.9. The van der Waals surface area contributed by atoms with Crippen LogP contribution in [0.5, 0.6) is 0 Å². The first-order valence-electron chi connectivity index (χ1n) is 9.04. The van der Waals surface area contributed by atoms with E-state index in [9.17, 15) is 18.0 Å². The molecule has 0 aromatic carbocycles. The average molecular weight is 415 g/mol. The molecule has 0 bridgehead atoms. The fraction of sp³-hybridized carbons (Fsp3) is 0.529. The molecule has 1 atom stereocenters. The van der Waals surface area contributed by atoms with Gasteiger partial charge in [-0.2, -0.15) is 18.3 Å². The second-order valence-electron chi connectivity index (χ2n) is 7.00. The van der Waals surface area contributed by atoms with Gasteiger partial charge in [0.2, 0.25) is 0 Å². The molecule has 1 saturated heterocycles. The van der Waals surface area contributed by atoms with Crippen molar-refractivity contribution in [3.05, 3.63) is 29.4 Å². The van der Waals surface area contributed by atoms with Crippen molar-refractivity contribution in [2.24, 2.45) is 0 Å². The molecule has 0 spiro atoms. The molecule has 2 aromatic rings. The molecule has 3 heterocycles. The summed E-state index contributed by atoms with van der Waals surface area (Å²) in [7, 11) is 0. The fourth-order valence-electron chi connectivity index (χ4n) is 3.53. The van der Waals surface area contributed by atoms with Crippen LogP contribution in [0.15, 0.2) is 18.7 Å². The number of alkyl halides is 3. The number of halogens is 4. The number of hydrogen-bond acceptors (Lipinski definition) is 5. The number of carbonyl (C=O) groups excluding carboxylic acids is 1. The quantitative estimate of drug-likeness (QED) is 0.769. The van der Waals surface area contributed by atoms with Crippen LogP contribution in [0.4, 0.5) is 24.7 Å². The van der Waals surface area contributed by atoms with Crippen molar-refractivity contribution in [2.45, 2.75) is 50.4 Å². The molecule has 1 N–H and O–H groups in total. The average Bonchev–Trinajstić information content (AvgIpc) is 3.24. The topological polar surface area (TPSA) is 75.9 Å². The van der Waals surface area contributed by atoms with Gasteiger partial charge in [-0.3, -0.25) is 9.48 Å². The molecule has 1 unspecified atom stereocenters. The summed E-state index contributed by atoms with van der Waals surface area (Å²) >= 11 is 6.09. The maximum Gasteiger partial charge on any atom is 0.408 e. The lowest BCUT2D eigenvalue weighted by Gasteiger charge is -2.29. The Morgan fingerprint density at radius 2 is 2.00 bits per heavy atom. The molecule has 1 aliphatic heterocycles. The number of aromatic nitrogens is 4. The summed E-state index contributed by atoms with van der Waals surface area (Å²) in [6.07, 6.45) is 3.23. The molecule has 1 amide bonds. The summed E-state index contributed by atoms with van der Waals surface area (Å²) in [4.78, 5) is 21.6. The van der Waals surface area contributed by atoms with E-state index in [-0.39, 0.29) is 35.7 Å². The summed E-state index contributed by atoms with van der Waals surface area (Å²) in [5.74, 6) is -0.550. The first kappa shape index (κ1) is 19.0. The monoisotopic (exact) mass is 414 g/mol. The molecule has 2 aromatic heterocycles. The molecule has 2 aliphatic rings. The number of rotatable bonds is 4. The molecular weight excluding hydrogens is 397 g/mol. The van der Waals surface area contributed by atoms with Gasteiger partial charge >= 0.3 is 6.18 Å². The zero-order valence-electron chi connectivity index (χ0n) is 14.8. The maximum atomic E-state index is 13.4. The predicted octanol–water partition coefficient (Wildman–Crippen LogP) is 3.83. The van der Waals surface area contributed by atoms with Gasteiger partial charge in [-0.05, 0) is 32.1 Å². The lowest BCUT2D eigenvalue weighted by Crippen LogP contribution is -2.42. The van der Waals surface area contributed by atoms with Crippen LogP contribution in [0.2, 0.25) is 5.15 Å². The molecule has 11 heteroatoms. The van der Waals surface area contributed by atoms with Crippen LogP contribution in [-0.4, -0.2) is 44.4 Å². The Kier molecular flexibility index (Phi) is 4.90. The molecule has 28 heavy (non-hydrogen) atoms. The van der Waals surface area contributed by atoms with Crippen molar-refractivity contribution in [3.63, 3.8) is 0 Å². The van der Waals surface area contributed by atoms with Gasteiger partial charge in [0.15, 0.2) is 11.0 Å². The molecule has 1 saturated carbocycles. The normalized spacial score (nSPS) is 20.3. The molecule has 0 radical (unpaired) electrons. The van der Waals surface area contributed by atoms with Gasteiger partial charge in [-0.15, -0.1) is 0 Å². The molecule has 7 nitrogen and oxygen atoms in total. The van der Waals surface area contributed by atoms with Crippen molar-refractivity contribution in [1.29, 1.82) is 0 Å². The Morgan fingerprint density at radius 1 is 1.21 bits per heavy atom. The van der Waals surface area contributed by atoms with Crippen molar-refractivity contribution >= 4 is 29.0 Å². The zero-order valence-corrected chi connectivity index (χ0v) is 15.5. The van der Waals surface area contributed by atoms with E-state index in [0.717, 1.165) is 30.5 Å². The van der Waals surface area contributed by atoms with Crippen LogP contribution >= 0.6 is 11.6 Å². The highest BCUT2D eigenvalue weighted by Crippen LogP contribution is 2.39. The highest BCUT2D eigenvalue weighted by molar-refractivity contribution is 6.33. The third kappa shape index (κ3) is 3.52. The van der Waals surface area contributed by atoms with Crippen LogP contribution in [0, 0.1) is 0 Å². The molecule has 2 fully saturated rings. The third-order valence-corrected chi connectivity index (χ3v) is 5.52. The van der Waals surface area contributed by atoms with Crippen molar-refractivity contribution in [1.82, 2.24) is 19.7 Å². The van der Waals surface area contributed by atoms with E-state index in [1.807, 2.05) is 0 Å². The highest BCUT2D eigenvalue weighted by Gasteiger charge is 2.47. The largest absolute Gasteiger partial charge is 0.408 e. The number of amides is 1. The molecule has 4 rings (SSSR count). The van der Waals surface area contributed by atoms with Crippen LogP contribution in [0.1, 0.15) is 48.5 Å². The van der Waals surface area contributed by atoms with Gasteiger partial charge in [0, 0.05) is 12.7 Å². The molecule has 1 aliphatic carbocycles. The summed E-state index contributed by atoms with van der Waals surface area (Å²) in [6, 6.07) is -1.38. The third-order valence-electron chi connectivity index (χ3n) is 5.23. The van der Waals surface area contributed by atoms with Crippen LogP contribution < -0.4 is 10.2 Å². The molecule has 150 valence electrons. The van der Waals surface area contributed by atoms with E-state index < -0.39 is 18.1 Å². The van der Waals surface area contributed by atoms with Gasteiger partial charge in [0.05, 0.1) is 17.8 Å². The minimum absolute atomic E-state index is 0.0262. The second kappa shape index (κ2) is 7.23. The highest BCUT2D eigenvalue weighted by atomic mass is 35.5. The SMILES string of the molecule is O=C(Nc1c(Cl)ncnc1N1CCCC1C(F)(F)F)c1cnn(C2CCC2)c1. The van der Waals surface area contributed by atoms with Crippen molar-refractivity contribution in [2.75, 3.05) is 16.8 Å². The smallest absolute Gasteiger partial charge is 0.343 e. The summed E-state index contributed by atoms with van der Waals surface area (Å²) < 4.78 is 41.8. The minimum Gasteiger partial charge on any atom is -0.343 e. The number of anilines is 2. The van der Waals surface area contributed by atoms with Crippen LogP contribution in [0.25, 0.3) is 0 Å². The fourth-order valence-corrected chi connectivity index (χ4v) is 3.71. The summed E-state index contributed by atoms with van der Waals surface area (Å²) in [5, 5.41) is 6.66. The van der Waals surface area contributed by atoms with Crippen molar-refractivity contribution in [3.8, 4) is 0 Å². The van der Waals surface area contributed by atoms with Crippen molar-refractivity contribution < 1.29 is 18.0 Å². The van der Waals surface area contributed by atoms with E-state index in [1.54, 1.807) is 10.9 Å². The van der Waals surface area contributed by atoms with Gasteiger partial charge in [0.1, 0.15) is 18.1 Å². The minimum atomic E-state index is -4.40. The Labute approximate surface area is 163 Å². The van der Waals surface area contributed by atoms with Gasteiger partial charge in [-0.1, -0.05) is 11.6 Å². The number of hydrogen-bond donors (Lipinski definition) is 1. The standard InChI is InChI=1S/C17H18ClF3N6O/c18-14-13(25-16(28)10-7-24-27(8-10)11-3-1-4-11)15(23-9-22-14)26-6-2-5-12(26)17(19,20)21/h7-9,11-12H,1-6H2,(H,25,28). The first-order valence-corrected chi connectivity index (χ1v) is 9.42. The van der Waals surface area contributed by atoms with Gasteiger partial charge < -0.3 is 10.2 Å². The Hall–Kier alpha value is -2.36. The number of nitrogens with one attached hydrogen (secondary N) is 1. The lowest BCUT2D eigenvalue weighted by molar-refractivity contribution is -0.146.